The Labute approximate surface area is 99.6 Å². The van der Waals surface area contributed by atoms with Crippen molar-refractivity contribution in [3.05, 3.63) is 34.2 Å². The summed E-state index contributed by atoms with van der Waals surface area (Å²) in [5.74, 6) is -0.206. The molecular formula is C12H17N3O2. The molecule has 92 valence electrons. The first-order valence-electron chi connectivity index (χ1n) is 5.93. The molecule has 1 aromatic rings. The molecule has 1 amide bonds. The van der Waals surface area contributed by atoms with Crippen molar-refractivity contribution in [3.8, 4) is 0 Å². The van der Waals surface area contributed by atoms with Gasteiger partial charge in [-0.05, 0) is 31.4 Å². The van der Waals surface area contributed by atoms with Crippen LogP contribution in [0.5, 0.6) is 0 Å². The van der Waals surface area contributed by atoms with Crippen LogP contribution in [0.3, 0.4) is 0 Å². The molecule has 5 nitrogen and oxygen atoms in total. The molecule has 1 aliphatic heterocycles. The fraction of sp³-hybridized carbons (Fsp3) is 0.500. The van der Waals surface area contributed by atoms with Gasteiger partial charge in [-0.2, -0.15) is 0 Å². The molecule has 1 unspecified atom stereocenters. The number of carbonyl (C=O) groups excluding carboxylic acids is 1. The number of likely N-dealkylation sites (tertiary alicyclic amines) is 1. The van der Waals surface area contributed by atoms with Crippen LogP contribution in [0.1, 0.15) is 29.6 Å². The van der Waals surface area contributed by atoms with E-state index in [0.29, 0.717) is 13.1 Å². The van der Waals surface area contributed by atoms with Crippen molar-refractivity contribution in [1.82, 2.24) is 9.88 Å². The van der Waals surface area contributed by atoms with Gasteiger partial charge in [0.05, 0.1) is 0 Å². The van der Waals surface area contributed by atoms with E-state index in [4.69, 9.17) is 5.73 Å². The van der Waals surface area contributed by atoms with E-state index in [2.05, 4.69) is 4.98 Å². The van der Waals surface area contributed by atoms with Crippen LogP contribution >= 0.6 is 0 Å². The summed E-state index contributed by atoms with van der Waals surface area (Å²) in [6.07, 6.45) is 4.52. The lowest BCUT2D eigenvalue weighted by molar-refractivity contribution is 0.0621. The van der Waals surface area contributed by atoms with Gasteiger partial charge in [-0.15, -0.1) is 0 Å². The van der Waals surface area contributed by atoms with Crippen LogP contribution in [-0.4, -0.2) is 34.9 Å². The standard InChI is InChI=1S/C12H17N3O2/c13-8-9-4-1-2-7-15(9)12(17)10-5-3-6-14-11(10)16/h3,5-6,9H,1-2,4,7-8,13H2,(H,14,16). The second-order valence-electron chi connectivity index (χ2n) is 4.30. The molecule has 3 N–H and O–H groups in total. The summed E-state index contributed by atoms with van der Waals surface area (Å²) in [6, 6.07) is 3.29. The second-order valence-corrected chi connectivity index (χ2v) is 4.30. The number of aromatic amines is 1. The topological polar surface area (TPSA) is 79.2 Å². The molecule has 1 saturated heterocycles. The second kappa shape index (κ2) is 5.14. The Morgan fingerprint density at radius 2 is 2.35 bits per heavy atom. The van der Waals surface area contributed by atoms with Crippen molar-refractivity contribution in [2.75, 3.05) is 13.1 Å². The van der Waals surface area contributed by atoms with Gasteiger partial charge in [0.1, 0.15) is 5.56 Å². The minimum absolute atomic E-state index is 0.0656. The Balaban J connectivity index is 2.24. The molecule has 2 heterocycles. The summed E-state index contributed by atoms with van der Waals surface area (Å²) in [7, 11) is 0. The van der Waals surface area contributed by atoms with Crippen LogP contribution in [-0.2, 0) is 0 Å². The van der Waals surface area contributed by atoms with Crippen LogP contribution in [0.4, 0.5) is 0 Å². The molecule has 0 radical (unpaired) electrons. The molecule has 1 aromatic heterocycles. The zero-order chi connectivity index (χ0) is 12.3. The van der Waals surface area contributed by atoms with Gasteiger partial charge in [-0.3, -0.25) is 9.59 Å². The van der Waals surface area contributed by atoms with Crippen molar-refractivity contribution in [2.24, 2.45) is 5.73 Å². The Hall–Kier alpha value is -1.62. The molecule has 1 fully saturated rings. The van der Waals surface area contributed by atoms with Crippen molar-refractivity contribution in [2.45, 2.75) is 25.3 Å². The van der Waals surface area contributed by atoms with Crippen LogP contribution < -0.4 is 11.3 Å². The van der Waals surface area contributed by atoms with Crippen molar-refractivity contribution in [3.63, 3.8) is 0 Å². The van der Waals surface area contributed by atoms with Crippen LogP contribution in [0.25, 0.3) is 0 Å². The first-order valence-corrected chi connectivity index (χ1v) is 5.93. The van der Waals surface area contributed by atoms with E-state index in [-0.39, 0.29) is 23.1 Å². The third-order valence-electron chi connectivity index (χ3n) is 3.21. The average molecular weight is 235 g/mol. The summed E-state index contributed by atoms with van der Waals surface area (Å²) in [4.78, 5) is 28.1. The Kier molecular flexibility index (Phi) is 3.58. The fourth-order valence-electron chi connectivity index (χ4n) is 2.26. The van der Waals surface area contributed by atoms with E-state index in [9.17, 15) is 9.59 Å². The number of rotatable bonds is 2. The SMILES string of the molecule is NCC1CCCCN1C(=O)c1ccc[nH]c1=O. The van der Waals surface area contributed by atoms with Gasteiger partial charge in [-0.1, -0.05) is 0 Å². The Bertz CT molecular complexity index is 455. The Morgan fingerprint density at radius 3 is 3.06 bits per heavy atom. The maximum absolute atomic E-state index is 12.2. The van der Waals surface area contributed by atoms with Gasteiger partial charge in [0.2, 0.25) is 0 Å². The number of carbonyl (C=O) groups is 1. The minimum Gasteiger partial charge on any atom is -0.334 e. The maximum Gasteiger partial charge on any atom is 0.260 e. The van der Waals surface area contributed by atoms with E-state index >= 15 is 0 Å². The van der Waals surface area contributed by atoms with Crippen molar-refractivity contribution < 1.29 is 4.79 Å². The van der Waals surface area contributed by atoms with Gasteiger partial charge in [-0.25, -0.2) is 0 Å². The van der Waals surface area contributed by atoms with Crippen LogP contribution in [0, 0.1) is 0 Å². The number of hydrogen-bond donors (Lipinski definition) is 2. The monoisotopic (exact) mass is 235 g/mol. The quantitative estimate of drug-likeness (QED) is 0.775. The molecule has 1 aliphatic rings. The molecule has 0 spiro atoms. The molecule has 0 aliphatic carbocycles. The summed E-state index contributed by atoms with van der Waals surface area (Å²) >= 11 is 0. The Morgan fingerprint density at radius 1 is 1.53 bits per heavy atom. The molecule has 2 rings (SSSR count). The lowest BCUT2D eigenvalue weighted by Gasteiger charge is -2.34. The molecule has 0 bridgehead atoms. The summed E-state index contributed by atoms with van der Waals surface area (Å²) in [5.41, 5.74) is 5.54. The van der Waals surface area contributed by atoms with Gasteiger partial charge in [0.25, 0.3) is 11.5 Å². The number of nitrogens with one attached hydrogen (secondary N) is 1. The van der Waals surface area contributed by atoms with Crippen molar-refractivity contribution >= 4 is 5.91 Å². The number of piperidine rings is 1. The largest absolute Gasteiger partial charge is 0.334 e. The number of hydrogen-bond acceptors (Lipinski definition) is 3. The van der Waals surface area contributed by atoms with Crippen LogP contribution in [0.2, 0.25) is 0 Å². The molecule has 0 saturated carbocycles. The number of amides is 1. The number of nitrogens with two attached hydrogens (primary N) is 1. The van der Waals surface area contributed by atoms with E-state index in [1.807, 2.05) is 0 Å². The summed E-state index contributed by atoms with van der Waals surface area (Å²) in [5, 5.41) is 0. The van der Waals surface area contributed by atoms with Crippen molar-refractivity contribution in [1.29, 1.82) is 0 Å². The van der Waals surface area contributed by atoms with E-state index < -0.39 is 0 Å². The number of H-pyrrole nitrogens is 1. The highest BCUT2D eigenvalue weighted by atomic mass is 16.2. The highest BCUT2D eigenvalue weighted by Crippen LogP contribution is 2.17. The third kappa shape index (κ3) is 2.39. The smallest absolute Gasteiger partial charge is 0.260 e. The molecule has 17 heavy (non-hydrogen) atoms. The zero-order valence-electron chi connectivity index (χ0n) is 9.69. The molecular weight excluding hydrogens is 218 g/mol. The number of aromatic nitrogens is 1. The average Bonchev–Trinajstić information content (AvgIpc) is 2.38. The number of nitrogens with zero attached hydrogens (tertiary/aromatic N) is 1. The maximum atomic E-state index is 12.2. The molecule has 0 aromatic carbocycles. The summed E-state index contributed by atoms with van der Waals surface area (Å²) < 4.78 is 0. The van der Waals surface area contributed by atoms with E-state index in [1.165, 1.54) is 6.20 Å². The molecule has 5 heteroatoms. The third-order valence-corrected chi connectivity index (χ3v) is 3.21. The van der Waals surface area contributed by atoms with E-state index in [1.54, 1.807) is 17.0 Å². The summed E-state index contributed by atoms with van der Waals surface area (Å²) in [6.45, 7) is 1.14. The lowest BCUT2D eigenvalue weighted by atomic mass is 10.0. The fourth-order valence-corrected chi connectivity index (χ4v) is 2.26. The van der Waals surface area contributed by atoms with Gasteiger partial charge in [0.15, 0.2) is 0 Å². The first kappa shape index (κ1) is 11.9. The predicted octanol–water partition coefficient (Wildman–Crippen LogP) is 0.328. The highest BCUT2D eigenvalue weighted by molar-refractivity contribution is 5.94. The van der Waals surface area contributed by atoms with E-state index in [0.717, 1.165) is 19.3 Å². The minimum atomic E-state index is -0.334. The number of pyridine rings is 1. The van der Waals surface area contributed by atoms with Gasteiger partial charge in [0, 0.05) is 25.3 Å². The highest BCUT2D eigenvalue weighted by Gasteiger charge is 2.27. The lowest BCUT2D eigenvalue weighted by Crippen LogP contribution is -2.48. The normalized spacial score (nSPS) is 20.3. The predicted molar refractivity (Wildman–Crippen MR) is 64.8 cm³/mol. The van der Waals surface area contributed by atoms with Gasteiger partial charge < -0.3 is 15.6 Å². The van der Waals surface area contributed by atoms with Crippen LogP contribution in [0.15, 0.2) is 23.1 Å². The first-order chi connectivity index (χ1) is 8.24. The van der Waals surface area contributed by atoms with Gasteiger partial charge >= 0.3 is 0 Å². The zero-order valence-corrected chi connectivity index (χ0v) is 9.69. The molecule has 1 atom stereocenters.